The Balaban J connectivity index is 1.74. The Morgan fingerprint density at radius 1 is 1.05 bits per heavy atom. The third-order valence-electron chi connectivity index (χ3n) is 4.71. The van der Waals surface area contributed by atoms with Gasteiger partial charge >= 0.3 is 5.97 Å². The molecule has 0 atom stereocenters. The third kappa shape index (κ3) is 4.36. The van der Waals surface area contributed by atoms with Gasteiger partial charge in [-0.25, -0.2) is 4.79 Å². The number of aromatic carboxylic acids is 1. The predicted molar refractivity (Wildman–Crippen MR) is 82.1 cm³/mol. The van der Waals surface area contributed by atoms with Crippen LogP contribution < -0.4 is 0 Å². The maximum absolute atomic E-state index is 10.8. The van der Waals surface area contributed by atoms with E-state index >= 15 is 0 Å². The molecule has 0 heterocycles. The van der Waals surface area contributed by atoms with Gasteiger partial charge in [-0.15, -0.1) is 0 Å². The Morgan fingerprint density at radius 3 is 2.10 bits per heavy atom. The third-order valence-corrected chi connectivity index (χ3v) is 4.71. The highest BCUT2D eigenvalue weighted by atomic mass is 16.4. The first kappa shape index (κ1) is 15.1. The molecular weight excluding hydrogens is 248 g/mol. The molecule has 1 N–H and O–H groups in total. The highest BCUT2D eigenvalue weighted by molar-refractivity contribution is 5.87. The lowest BCUT2D eigenvalue weighted by molar-refractivity contribution is 0.0697. The fraction of sp³-hybridized carbons (Fsp3) is 0.611. The molecule has 0 saturated heterocycles. The summed E-state index contributed by atoms with van der Waals surface area (Å²) in [5.74, 6) is 1.01. The Hall–Kier alpha value is -1.31. The number of carbonyl (C=O) groups is 1. The minimum absolute atomic E-state index is 0.383. The molecule has 1 aliphatic rings. The molecule has 2 nitrogen and oxygen atoms in total. The van der Waals surface area contributed by atoms with Crippen LogP contribution in [-0.4, -0.2) is 11.1 Å². The number of benzene rings is 1. The summed E-state index contributed by atoms with van der Waals surface area (Å²) in [4.78, 5) is 10.8. The van der Waals surface area contributed by atoms with Crippen molar-refractivity contribution in [2.24, 2.45) is 11.8 Å². The first-order valence-electron chi connectivity index (χ1n) is 8.01. The Bertz CT molecular complexity index is 414. The van der Waals surface area contributed by atoms with E-state index < -0.39 is 5.97 Å². The van der Waals surface area contributed by atoms with Crippen LogP contribution in [0.25, 0.3) is 0 Å². The molecule has 0 unspecified atom stereocenters. The van der Waals surface area contributed by atoms with Crippen molar-refractivity contribution in [1.29, 1.82) is 0 Å². The maximum Gasteiger partial charge on any atom is 0.335 e. The van der Waals surface area contributed by atoms with E-state index in [2.05, 4.69) is 6.92 Å². The van der Waals surface area contributed by atoms with Crippen LogP contribution in [0.2, 0.25) is 0 Å². The molecule has 1 aliphatic carbocycles. The van der Waals surface area contributed by atoms with Crippen LogP contribution in [-0.2, 0) is 6.42 Å². The van der Waals surface area contributed by atoms with Crippen LogP contribution in [0.5, 0.6) is 0 Å². The minimum Gasteiger partial charge on any atom is -0.478 e. The van der Waals surface area contributed by atoms with Gasteiger partial charge in [-0.3, -0.25) is 0 Å². The monoisotopic (exact) mass is 274 g/mol. The molecule has 110 valence electrons. The normalized spacial score (nSPS) is 22.6. The van der Waals surface area contributed by atoms with Crippen molar-refractivity contribution in [3.63, 3.8) is 0 Å². The number of hydrogen-bond donors (Lipinski definition) is 1. The molecule has 0 spiro atoms. The summed E-state index contributed by atoms with van der Waals surface area (Å²) in [5, 5.41) is 8.88. The van der Waals surface area contributed by atoms with Gasteiger partial charge in [0.2, 0.25) is 0 Å². The molecule has 20 heavy (non-hydrogen) atoms. The summed E-state index contributed by atoms with van der Waals surface area (Å²) in [6.45, 7) is 2.28. The van der Waals surface area contributed by atoms with Crippen molar-refractivity contribution in [2.45, 2.75) is 58.3 Å². The van der Waals surface area contributed by atoms with Gasteiger partial charge in [0.1, 0.15) is 0 Å². The molecule has 0 aromatic heterocycles. The van der Waals surface area contributed by atoms with Gasteiger partial charge in [-0.05, 0) is 42.4 Å². The van der Waals surface area contributed by atoms with Crippen molar-refractivity contribution >= 4 is 5.97 Å². The van der Waals surface area contributed by atoms with Gasteiger partial charge in [-0.1, -0.05) is 57.6 Å². The van der Waals surface area contributed by atoms with E-state index in [9.17, 15) is 4.79 Å². The topological polar surface area (TPSA) is 37.3 Å². The second-order valence-corrected chi connectivity index (χ2v) is 6.22. The molecule has 0 aliphatic heterocycles. The number of carboxylic acids is 1. The van der Waals surface area contributed by atoms with E-state index in [1.54, 1.807) is 12.1 Å². The second kappa shape index (κ2) is 7.47. The lowest BCUT2D eigenvalue weighted by atomic mass is 9.78. The summed E-state index contributed by atoms with van der Waals surface area (Å²) in [5.41, 5.74) is 1.65. The standard InChI is InChI=1S/C18H26O2/c1-2-3-14-4-6-15(7-5-14)8-9-16-10-12-17(13-11-16)18(19)20/h10-15H,2-9H2,1H3,(H,19,20)/t14-,15-. The van der Waals surface area contributed by atoms with E-state index in [-0.39, 0.29) is 0 Å². The Morgan fingerprint density at radius 2 is 1.60 bits per heavy atom. The van der Waals surface area contributed by atoms with Gasteiger partial charge < -0.3 is 5.11 Å². The zero-order valence-corrected chi connectivity index (χ0v) is 12.5. The molecular formula is C18H26O2. The van der Waals surface area contributed by atoms with Crippen LogP contribution in [0.1, 0.15) is 67.8 Å². The highest BCUT2D eigenvalue weighted by Crippen LogP contribution is 2.33. The molecule has 1 aromatic carbocycles. The maximum atomic E-state index is 10.8. The van der Waals surface area contributed by atoms with Crippen molar-refractivity contribution in [3.8, 4) is 0 Å². The molecule has 0 amide bonds. The Labute approximate surface area is 122 Å². The average Bonchev–Trinajstić information content (AvgIpc) is 2.47. The number of rotatable bonds is 6. The van der Waals surface area contributed by atoms with E-state index in [0.29, 0.717) is 5.56 Å². The SMILES string of the molecule is CCC[C@H]1CC[C@H](CCc2ccc(C(=O)O)cc2)CC1. The van der Waals surface area contributed by atoms with Gasteiger partial charge in [-0.2, -0.15) is 0 Å². The first-order valence-corrected chi connectivity index (χ1v) is 8.01. The van der Waals surface area contributed by atoms with Crippen LogP contribution in [0.3, 0.4) is 0 Å². The van der Waals surface area contributed by atoms with E-state index in [4.69, 9.17) is 5.11 Å². The summed E-state index contributed by atoms with van der Waals surface area (Å²) in [6.07, 6.45) is 10.7. The van der Waals surface area contributed by atoms with Crippen molar-refractivity contribution in [3.05, 3.63) is 35.4 Å². The van der Waals surface area contributed by atoms with Gasteiger partial charge in [0.15, 0.2) is 0 Å². The zero-order chi connectivity index (χ0) is 14.4. The van der Waals surface area contributed by atoms with Gasteiger partial charge in [0, 0.05) is 0 Å². The molecule has 0 bridgehead atoms. The number of aryl methyl sites for hydroxylation is 1. The van der Waals surface area contributed by atoms with Crippen LogP contribution in [0.15, 0.2) is 24.3 Å². The first-order chi connectivity index (χ1) is 9.69. The lowest BCUT2D eigenvalue weighted by Gasteiger charge is -2.28. The summed E-state index contributed by atoms with van der Waals surface area (Å²) in [7, 11) is 0. The molecule has 1 fully saturated rings. The highest BCUT2D eigenvalue weighted by Gasteiger charge is 2.20. The van der Waals surface area contributed by atoms with Crippen molar-refractivity contribution < 1.29 is 9.90 Å². The van der Waals surface area contributed by atoms with E-state index in [1.807, 2.05) is 12.1 Å². The number of hydrogen-bond acceptors (Lipinski definition) is 1. The zero-order valence-electron chi connectivity index (χ0n) is 12.5. The van der Waals surface area contributed by atoms with Crippen molar-refractivity contribution in [1.82, 2.24) is 0 Å². The molecule has 2 heteroatoms. The largest absolute Gasteiger partial charge is 0.478 e. The van der Waals surface area contributed by atoms with E-state index in [0.717, 1.165) is 18.3 Å². The predicted octanol–water partition coefficient (Wildman–Crippen LogP) is 4.92. The molecule has 0 radical (unpaired) electrons. The smallest absolute Gasteiger partial charge is 0.335 e. The average molecular weight is 274 g/mol. The molecule has 1 aromatic rings. The van der Waals surface area contributed by atoms with Crippen LogP contribution >= 0.6 is 0 Å². The quantitative estimate of drug-likeness (QED) is 0.799. The summed E-state index contributed by atoms with van der Waals surface area (Å²) >= 11 is 0. The second-order valence-electron chi connectivity index (χ2n) is 6.22. The van der Waals surface area contributed by atoms with Gasteiger partial charge in [0.05, 0.1) is 5.56 Å². The molecule has 2 rings (SSSR count). The van der Waals surface area contributed by atoms with Crippen LogP contribution in [0, 0.1) is 11.8 Å². The lowest BCUT2D eigenvalue weighted by Crippen LogP contribution is -2.15. The van der Waals surface area contributed by atoms with E-state index in [1.165, 1.54) is 50.5 Å². The number of carboxylic acid groups (broad SMARTS) is 1. The fourth-order valence-corrected chi connectivity index (χ4v) is 3.40. The minimum atomic E-state index is -0.842. The van der Waals surface area contributed by atoms with Gasteiger partial charge in [0.25, 0.3) is 0 Å². The van der Waals surface area contributed by atoms with Crippen LogP contribution in [0.4, 0.5) is 0 Å². The molecule has 1 saturated carbocycles. The Kier molecular flexibility index (Phi) is 5.63. The fourth-order valence-electron chi connectivity index (χ4n) is 3.40. The summed E-state index contributed by atoms with van der Waals surface area (Å²) < 4.78 is 0. The van der Waals surface area contributed by atoms with Crippen molar-refractivity contribution in [2.75, 3.05) is 0 Å². The summed E-state index contributed by atoms with van der Waals surface area (Å²) in [6, 6.07) is 7.37.